The van der Waals surface area contributed by atoms with Gasteiger partial charge in [0.1, 0.15) is 0 Å². The van der Waals surface area contributed by atoms with Crippen molar-refractivity contribution in [3.63, 3.8) is 0 Å². The summed E-state index contributed by atoms with van der Waals surface area (Å²) in [5.74, 6) is 0. The molecule has 0 amide bonds. The van der Waals surface area contributed by atoms with Gasteiger partial charge >= 0.3 is 0 Å². The van der Waals surface area contributed by atoms with Gasteiger partial charge in [0, 0.05) is 33.4 Å². The topological polar surface area (TPSA) is 8.17 Å². The smallest absolute Gasteiger partial charge is 0.0547 e. The van der Waals surface area contributed by atoms with Crippen molar-refractivity contribution in [2.24, 2.45) is 0 Å². The molecule has 70 heavy (non-hydrogen) atoms. The summed E-state index contributed by atoms with van der Waals surface area (Å²) in [6.07, 6.45) is 0. The minimum Gasteiger partial charge on any atom is -0.310 e. The van der Waals surface area contributed by atoms with Crippen LogP contribution in [-0.4, -0.2) is 4.57 Å². The van der Waals surface area contributed by atoms with Crippen LogP contribution in [0.1, 0.15) is 0 Å². The number of rotatable bonds is 9. The molecule has 0 spiro atoms. The maximum Gasteiger partial charge on any atom is 0.0547 e. The predicted molar refractivity (Wildman–Crippen MR) is 298 cm³/mol. The van der Waals surface area contributed by atoms with Crippen LogP contribution in [0.2, 0.25) is 0 Å². The molecule has 0 N–H and O–H groups in total. The van der Waals surface area contributed by atoms with Gasteiger partial charge in [-0.2, -0.15) is 0 Å². The Morgan fingerprint density at radius 1 is 0.257 bits per heavy atom. The van der Waals surface area contributed by atoms with Crippen molar-refractivity contribution >= 4 is 60.4 Å². The Hall–Kier alpha value is -9.24. The third-order valence-electron chi connectivity index (χ3n) is 13.9. The molecule has 0 fully saturated rings. The van der Waals surface area contributed by atoms with E-state index >= 15 is 0 Å². The number of hydrogen-bond acceptors (Lipinski definition) is 1. The van der Waals surface area contributed by atoms with Gasteiger partial charge in [-0.1, -0.05) is 218 Å². The summed E-state index contributed by atoms with van der Waals surface area (Å²) < 4.78 is 2.40. The van der Waals surface area contributed by atoms with Crippen LogP contribution in [-0.2, 0) is 0 Å². The molecular weight excluding hydrogens is 845 g/mol. The van der Waals surface area contributed by atoms with Gasteiger partial charge in [0.25, 0.3) is 0 Å². The highest BCUT2D eigenvalue weighted by Crippen LogP contribution is 2.48. The van der Waals surface area contributed by atoms with Crippen LogP contribution < -0.4 is 4.90 Å². The normalized spacial score (nSPS) is 11.4. The molecule has 0 radical (unpaired) electrons. The molecule has 0 atom stereocenters. The molecule has 2 nitrogen and oxygen atoms in total. The molecule has 12 aromatic carbocycles. The van der Waals surface area contributed by atoms with Crippen molar-refractivity contribution in [2.45, 2.75) is 0 Å². The minimum absolute atomic E-state index is 1.07. The van der Waals surface area contributed by atoms with Gasteiger partial charge in [-0.15, -0.1) is 0 Å². The fourth-order valence-corrected chi connectivity index (χ4v) is 10.9. The average molecular weight is 891 g/mol. The molecular formula is C68H46N2. The first-order valence-corrected chi connectivity index (χ1v) is 24.1. The Kier molecular flexibility index (Phi) is 10.2. The fraction of sp³-hybridized carbons (Fsp3) is 0. The van der Waals surface area contributed by atoms with E-state index in [-0.39, 0.29) is 0 Å². The number of para-hydroxylation sites is 3. The van der Waals surface area contributed by atoms with Gasteiger partial charge in [-0.25, -0.2) is 0 Å². The van der Waals surface area contributed by atoms with E-state index in [0.29, 0.717) is 0 Å². The van der Waals surface area contributed by atoms with E-state index in [1.165, 1.54) is 76.7 Å². The standard InChI is InChI=1S/C68H46N2/c1-5-22-47(23-6-1)50-28-19-32-54(44-50)69(63-39-17-15-35-58(63)60-38-21-41-65-68(60)61-37-16-18-40-64(61)70(65)53-30-11-4-12-31-53)55-33-20-29-51(45-55)52-42-43-57-56-34-13-14-36-59(56)66(48-24-7-2-8-25-48)67(62(57)46-52)49-26-9-3-10-27-49/h1-46H. The predicted octanol–water partition coefficient (Wildman–Crippen LogP) is 18.9. The van der Waals surface area contributed by atoms with Crippen LogP contribution in [0.4, 0.5) is 17.1 Å². The van der Waals surface area contributed by atoms with Gasteiger partial charge < -0.3 is 9.47 Å². The van der Waals surface area contributed by atoms with Gasteiger partial charge in [0.05, 0.1) is 16.7 Å². The molecule has 0 aliphatic heterocycles. The van der Waals surface area contributed by atoms with E-state index in [4.69, 9.17) is 0 Å². The van der Waals surface area contributed by atoms with Crippen LogP contribution in [0.25, 0.3) is 105 Å². The highest BCUT2D eigenvalue weighted by molar-refractivity contribution is 6.22. The van der Waals surface area contributed by atoms with Crippen LogP contribution in [0.15, 0.2) is 279 Å². The number of anilines is 3. The van der Waals surface area contributed by atoms with Crippen molar-refractivity contribution in [3.05, 3.63) is 279 Å². The minimum atomic E-state index is 1.07. The van der Waals surface area contributed by atoms with E-state index < -0.39 is 0 Å². The Morgan fingerprint density at radius 3 is 1.40 bits per heavy atom. The molecule has 0 saturated carbocycles. The third kappa shape index (κ3) is 7.05. The van der Waals surface area contributed by atoms with Crippen molar-refractivity contribution in [3.8, 4) is 61.3 Å². The quantitative estimate of drug-likeness (QED) is 0.131. The highest BCUT2D eigenvalue weighted by Gasteiger charge is 2.23. The number of benzene rings is 12. The zero-order valence-corrected chi connectivity index (χ0v) is 38.5. The Morgan fingerprint density at radius 2 is 0.714 bits per heavy atom. The lowest BCUT2D eigenvalue weighted by Crippen LogP contribution is -2.11. The van der Waals surface area contributed by atoms with E-state index in [2.05, 4.69) is 289 Å². The monoisotopic (exact) mass is 890 g/mol. The van der Waals surface area contributed by atoms with Gasteiger partial charge in [0.2, 0.25) is 0 Å². The molecule has 0 bridgehead atoms. The lowest BCUT2D eigenvalue weighted by atomic mass is 9.84. The Bertz CT molecular complexity index is 4040. The van der Waals surface area contributed by atoms with Crippen LogP contribution in [0.5, 0.6) is 0 Å². The molecule has 1 aromatic heterocycles. The van der Waals surface area contributed by atoms with Crippen LogP contribution >= 0.6 is 0 Å². The maximum absolute atomic E-state index is 2.46. The second-order valence-corrected chi connectivity index (χ2v) is 18.0. The highest BCUT2D eigenvalue weighted by atomic mass is 15.1. The Balaban J connectivity index is 1.04. The van der Waals surface area contributed by atoms with Crippen molar-refractivity contribution < 1.29 is 0 Å². The summed E-state index contributed by atoms with van der Waals surface area (Å²) in [5, 5.41) is 7.42. The lowest BCUT2D eigenvalue weighted by molar-refractivity contribution is 1.18. The number of aromatic nitrogens is 1. The SMILES string of the molecule is c1ccc(-c2cccc(N(c3cccc(-c4ccc5c(c4)c(-c4ccccc4)c(-c4ccccc4)c4ccccc45)c3)c3ccccc3-c3cccc4c3c3ccccc3n4-c3ccccc3)c2)cc1. The molecule has 2 heteroatoms. The van der Waals surface area contributed by atoms with Crippen molar-refractivity contribution in [2.75, 3.05) is 4.90 Å². The van der Waals surface area contributed by atoms with Gasteiger partial charge in [-0.05, 0) is 132 Å². The number of nitrogens with zero attached hydrogens (tertiary/aromatic N) is 2. The summed E-state index contributed by atoms with van der Waals surface area (Å²) in [6.45, 7) is 0. The number of fused-ring (bicyclic) bond motifs is 6. The molecule has 13 aromatic rings. The van der Waals surface area contributed by atoms with Crippen LogP contribution in [0.3, 0.4) is 0 Å². The third-order valence-corrected chi connectivity index (χ3v) is 13.9. The second-order valence-electron chi connectivity index (χ2n) is 18.0. The largest absolute Gasteiger partial charge is 0.310 e. The first-order valence-electron chi connectivity index (χ1n) is 24.1. The van der Waals surface area contributed by atoms with Gasteiger partial charge in [-0.3, -0.25) is 0 Å². The molecule has 0 aliphatic rings. The average Bonchev–Trinajstić information content (AvgIpc) is 3.79. The zero-order valence-electron chi connectivity index (χ0n) is 38.5. The van der Waals surface area contributed by atoms with Gasteiger partial charge in [0.15, 0.2) is 0 Å². The molecule has 0 unspecified atom stereocenters. The molecule has 328 valence electrons. The van der Waals surface area contributed by atoms with E-state index in [1.807, 2.05) is 0 Å². The second kappa shape index (κ2) is 17.4. The van der Waals surface area contributed by atoms with Crippen molar-refractivity contribution in [1.29, 1.82) is 0 Å². The maximum atomic E-state index is 2.46. The van der Waals surface area contributed by atoms with E-state index in [1.54, 1.807) is 0 Å². The molecule has 0 saturated heterocycles. The summed E-state index contributed by atoms with van der Waals surface area (Å²) in [6, 6.07) is 102. The summed E-state index contributed by atoms with van der Waals surface area (Å²) in [5.41, 5.74) is 18.6. The molecule has 1 heterocycles. The summed E-state index contributed by atoms with van der Waals surface area (Å²) in [4.78, 5) is 2.46. The zero-order chi connectivity index (χ0) is 46.4. The molecule has 13 rings (SSSR count). The molecule has 0 aliphatic carbocycles. The number of hydrogen-bond donors (Lipinski definition) is 0. The first-order chi connectivity index (χ1) is 34.8. The Labute approximate surface area is 408 Å². The fourth-order valence-electron chi connectivity index (χ4n) is 10.9. The first kappa shape index (κ1) is 41.0. The summed E-state index contributed by atoms with van der Waals surface area (Å²) in [7, 11) is 0. The lowest BCUT2D eigenvalue weighted by Gasteiger charge is -2.29. The van der Waals surface area contributed by atoms with E-state index in [9.17, 15) is 0 Å². The summed E-state index contributed by atoms with van der Waals surface area (Å²) >= 11 is 0. The van der Waals surface area contributed by atoms with Crippen LogP contribution in [0, 0.1) is 0 Å². The van der Waals surface area contributed by atoms with Crippen molar-refractivity contribution in [1.82, 2.24) is 4.57 Å². The van der Waals surface area contributed by atoms with E-state index in [0.717, 1.165) is 45.0 Å².